The average molecular weight is 424 g/mol. The van der Waals surface area contributed by atoms with Crippen molar-refractivity contribution >= 4 is 17.4 Å². The van der Waals surface area contributed by atoms with Crippen molar-refractivity contribution < 1.29 is 9.90 Å². The number of piperidine rings is 1. The highest BCUT2D eigenvalue weighted by Gasteiger charge is 2.39. The average Bonchev–Trinajstić information content (AvgIpc) is 2.68. The second-order valence-corrected chi connectivity index (χ2v) is 10.3. The third-order valence-electron chi connectivity index (χ3n) is 6.54. The summed E-state index contributed by atoms with van der Waals surface area (Å²) in [5, 5.41) is 23.3. The Morgan fingerprint density at radius 1 is 1.06 bits per heavy atom. The van der Waals surface area contributed by atoms with Crippen LogP contribution in [0.15, 0.2) is 24.3 Å². The molecular formula is C24H33N5O2. The Morgan fingerprint density at radius 2 is 1.74 bits per heavy atom. The zero-order valence-corrected chi connectivity index (χ0v) is 19.4. The van der Waals surface area contributed by atoms with Crippen LogP contribution in [0.5, 0.6) is 5.75 Å². The van der Waals surface area contributed by atoms with E-state index in [1.807, 2.05) is 18.2 Å². The van der Waals surface area contributed by atoms with E-state index in [1.165, 1.54) is 0 Å². The number of anilines is 2. The highest BCUT2D eigenvalue weighted by molar-refractivity contribution is 6.01. The van der Waals surface area contributed by atoms with Crippen molar-refractivity contribution in [2.75, 3.05) is 23.9 Å². The maximum Gasteiger partial charge on any atom is 0.227 e. The monoisotopic (exact) mass is 423 g/mol. The Labute approximate surface area is 184 Å². The molecule has 0 atom stereocenters. The normalized spacial score (nSPS) is 20.5. The fourth-order valence-electron chi connectivity index (χ4n) is 5.37. The molecule has 0 aliphatic carbocycles. The van der Waals surface area contributed by atoms with Gasteiger partial charge in [-0.25, -0.2) is 0 Å². The van der Waals surface area contributed by atoms with Gasteiger partial charge in [-0.3, -0.25) is 4.79 Å². The summed E-state index contributed by atoms with van der Waals surface area (Å²) in [7, 11) is 3.82. The first kappa shape index (κ1) is 21.6. The quantitative estimate of drug-likeness (QED) is 0.786. The Balaban J connectivity index is 1.65. The SMILES string of the molecule is CN1C(=O)CCc2ccc(O)c(-c3ccc(N(C)C4CC(C)(C)NC(C)(C)C4)nn3)c21. The molecule has 0 radical (unpaired) electrons. The standard InChI is InChI=1S/C24H33N5O2/c1-23(2)13-16(14-24(3,4)27-23)28(5)19-11-9-17(25-26-19)21-18(30)10-7-15-8-12-20(31)29(6)22(15)21/h7,9-11,16,27,30H,8,12-14H2,1-6H3. The minimum absolute atomic E-state index is 0.0415. The summed E-state index contributed by atoms with van der Waals surface area (Å²) in [4.78, 5) is 16.1. The fraction of sp³-hybridized carbons (Fsp3) is 0.542. The number of fused-ring (bicyclic) bond motifs is 1. The topological polar surface area (TPSA) is 81.6 Å². The van der Waals surface area contributed by atoms with Gasteiger partial charge >= 0.3 is 0 Å². The lowest BCUT2D eigenvalue weighted by molar-refractivity contribution is -0.118. The fourth-order valence-corrected chi connectivity index (χ4v) is 5.37. The zero-order chi connectivity index (χ0) is 22.6. The lowest BCUT2D eigenvalue weighted by Gasteiger charge is -2.49. The summed E-state index contributed by atoms with van der Waals surface area (Å²) in [5.41, 5.74) is 2.99. The van der Waals surface area contributed by atoms with Gasteiger partial charge in [0, 0.05) is 37.6 Å². The first-order chi connectivity index (χ1) is 14.5. The number of carbonyl (C=O) groups excluding carboxylic acids is 1. The molecule has 7 heteroatoms. The molecular weight excluding hydrogens is 390 g/mol. The van der Waals surface area contributed by atoms with E-state index in [1.54, 1.807) is 18.0 Å². The molecule has 1 aromatic heterocycles. The second-order valence-electron chi connectivity index (χ2n) is 10.3. The van der Waals surface area contributed by atoms with Gasteiger partial charge in [0.1, 0.15) is 5.75 Å². The summed E-state index contributed by atoms with van der Waals surface area (Å²) in [6, 6.07) is 7.74. The summed E-state index contributed by atoms with van der Waals surface area (Å²) >= 11 is 0. The molecule has 1 fully saturated rings. The third-order valence-corrected chi connectivity index (χ3v) is 6.54. The minimum Gasteiger partial charge on any atom is -0.507 e. The van der Waals surface area contributed by atoms with Gasteiger partial charge in [0.2, 0.25) is 5.91 Å². The summed E-state index contributed by atoms with van der Waals surface area (Å²) in [6.45, 7) is 8.95. The molecule has 4 rings (SSSR count). The number of aromatic hydroxyl groups is 1. The number of amides is 1. The van der Waals surface area contributed by atoms with E-state index in [0.29, 0.717) is 30.1 Å². The highest BCUT2D eigenvalue weighted by Crippen LogP contribution is 2.42. The Hall–Kier alpha value is -2.67. The van der Waals surface area contributed by atoms with Crippen molar-refractivity contribution in [2.24, 2.45) is 0 Å². The molecule has 2 aromatic rings. The van der Waals surface area contributed by atoms with Crippen molar-refractivity contribution in [3.63, 3.8) is 0 Å². The number of rotatable bonds is 3. The Morgan fingerprint density at radius 3 is 2.35 bits per heavy atom. The van der Waals surface area contributed by atoms with Crippen LogP contribution in [0, 0.1) is 0 Å². The number of benzene rings is 1. The van der Waals surface area contributed by atoms with Gasteiger partial charge in [-0.1, -0.05) is 6.07 Å². The smallest absolute Gasteiger partial charge is 0.227 e. The number of carbonyl (C=O) groups is 1. The number of hydrogen-bond donors (Lipinski definition) is 2. The molecule has 31 heavy (non-hydrogen) atoms. The minimum atomic E-state index is 0.0415. The van der Waals surface area contributed by atoms with Gasteiger partial charge in [-0.15, -0.1) is 10.2 Å². The molecule has 0 spiro atoms. The molecule has 1 aromatic carbocycles. The van der Waals surface area contributed by atoms with E-state index in [4.69, 9.17) is 0 Å². The van der Waals surface area contributed by atoms with Gasteiger partial charge in [-0.05, 0) is 70.7 Å². The number of phenols is 1. The van der Waals surface area contributed by atoms with Gasteiger partial charge in [0.15, 0.2) is 5.82 Å². The van der Waals surface area contributed by atoms with Crippen molar-refractivity contribution in [3.05, 3.63) is 29.8 Å². The highest BCUT2D eigenvalue weighted by atomic mass is 16.3. The summed E-state index contributed by atoms with van der Waals surface area (Å²) in [5.74, 6) is 0.952. The van der Waals surface area contributed by atoms with Crippen LogP contribution in [-0.4, -0.2) is 52.4 Å². The molecule has 0 saturated carbocycles. The van der Waals surface area contributed by atoms with Crippen LogP contribution in [0.1, 0.15) is 52.5 Å². The van der Waals surface area contributed by atoms with Crippen molar-refractivity contribution in [1.82, 2.24) is 15.5 Å². The molecule has 166 valence electrons. The number of aryl methyl sites for hydroxylation is 1. The van der Waals surface area contributed by atoms with E-state index in [9.17, 15) is 9.90 Å². The van der Waals surface area contributed by atoms with Crippen LogP contribution in [-0.2, 0) is 11.2 Å². The number of aromatic nitrogens is 2. The van der Waals surface area contributed by atoms with Crippen molar-refractivity contribution in [2.45, 2.75) is 70.5 Å². The van der Waals surface area contributed by atoms with Crippen LogP contribution in [0.25, 0.3) is 11.3 Å². The van der Waals surface area contributed by atoms with Crippen LogP contribution < -0.4 is 15.1 Å². The predicted molar refractivity (Wildman–Crippen MR) is 124 cm³/mol. The molecule has 2 aliphatic heterocycles. The van der Waals surface area contributed by atoms with Gasteiger partial charge in [0.05, 0.1) is 16.9 Å². The Bertz CT molecular complexity index is 984. The number of phenolic OH excluding ortho intramolecular Hbond substituents is 1. The number of nitrogens with one attached hydrogen (secondary N) is 1. The molecule has 3 heterocycles. The third kappa shape index (κ3) is 4.11. The number of nitrogens with zero attached hydrogens (tertiary/aromatic N) is 4. The maximum atomic E-state index is 12.3. The largest absolute Gasteiger partial charge is 0.507 e. The maximum absolute atomic E-state index is 12.3. The molecule has 1 saturated heterocycles. The second kappa shape index (κ2) is 7.48. The van der Waals surface area contributed by atoms with Gasteiger partial charge in [0.25, 0.3) is 0 Å². The molecule has 7 nitrogen and oxygen atoms in total. The van der Waals surface area contributed by atoms with Gasteiger partial charge < -0.3 is 20.2 Å². The zero-order valence-electron chi connectivity index (χ0n) is 19.4. The summed E-state index contributed by atoms with van der Waals surface area (Å²) in [6.07, 6.45) is 3.17. The lowest BCUT2D eigenvalue weighted by Crippen LogP contribution is -2.62. The van der Waals surface area contributed by atoms with E-state index >= 15 is 0 Å². The van der Waals surface area contributed by atoms with Crippen LogP contribution in [0.2, 0.25) is 0 Å². The van der Waals surface area contributed by atoms with Crippen LogP contribution in [0.3, 0.4) is 0 Å². The van der Waals surface area contributed by atoms with Crippen molar-refractivity contribution in [3.8, 4) is 17.0 Å². The Kier molecular flexibility index (Phi) is 5.20. The molecule has 0 unspecified atom stereocenters. The molecule has 2 aliphatic rings. The predicted octanol–water partition coefficient (Wildman–Crippen LogP) is 3.50. The van der Waals surface area contributed by atoms with Crippen molar-refractivity contribution in [1.29, 1.82) is 0 Å². The van der Waals surface area contributed by atoms with E-state index in [2.05, 4.69) is 55.2 Å². The number of hydrogen-bond acceptors (Lipinski definition) is 6. The lowest BCUT2D eigenvalue weighted by atomic mass is 9.79. The molecule has 0 bridgehead atoms. The first-order valence-electron chi connectivity index (χ1n) is 11.0. The molecule has 1 amide bonds. The van der Waals surface area contributed by atoms with Gasteiger partial charge in [-0.2, -0.15) is 0 Å². The van der Waals surface area contributed by atoms with E-state index in [-0.39, 0.29) is 22.7 Å². The molecule has 2 N–H and O–H groups in total. The summed E-state index contributed by atoms with van der Waals surface area (Å²) < 4.78 is 0. The van der Waals surface area contributed by atoms with E-state index < -0.39 is 0 Å². The first-order valence-corrected chi connectivity index (χ1v) is 11.0. The van der Waals surface area contributed by atoms with Crippen LogP contribution in [0.4, 0.5) is 11.5 Å². The van der Waals surface area contributed by atoms with E-state index in [0.717, 1.165) is 29.9 Å². The van der Waals surface area contributed by atoms with Crippen LogP contribution >= 0.6 is 0 Å².